The van der Waals surface area contributed by atoms with Crippen LogP contribution in [0.25, 0.3) is 0 Å². The average molecular weight is 230 g/mol. The van der Waals surface area contributed by atoms with E-state index in [1.54, 1.807) is 13.8 Å². The van der Waals surface area contributed by atoms with Crippen LogP contribution in [0.2, 0.25) is 0 Å². The Morgan fingerprint density at radius 2 is 1.67 bits per heavy atom. The molecule has 1 rings (SSSR count). The van der Waals surface area contributed by atoms with E-state index in [9.17, 15) is 22.0 Å². The van der Waals surface area contributed by atoms with Gasteiger partial charge in [-0.2, -0.15) is 22.0 Å². The van der Waals surface area contributed by atoms with Gasteiger partial charge in [0.2, 0.25) is 0 Å². The number of nitrogens with zero attached hydrogens (tertiary/aromatic N) is 4. The third-order valence-corrected chi connectivity index (χ3v) is 1.54. The molecule has 0 fully saturated rings. The van der Waals surface area contributed by atoms with E-state index in [2.05, 4.69) is 15.4 Å². The zero-order chi connectivity index (χ0) is 11.9. The summed E-state index contributed by atoms with van der Waals surface area (Å²) in [6.07, 6.45) is -5.73. The first kappa shape index (κ1) is 11.8. The first-order valence-electron chi connectivity index (χ1n) is 3.91. The molecule has 0 aromatic carbocycles. The predicted molar refractivity (Wildman–Crippen MR) is 38.2 cm³/mol. The zero-order valence-corrected chi connectivity index (χ0v) is 7.76. The molecule has 0 radical (unpaired) electrons. The molecule has 15 heavy (non-hydrogen) atoms. The normalized spacial score (nSPS) is 13.6. The van der Waals surface area contributed by atoms with Crippen LogP contribution in [0, 0.1) is 0 Å². The average Bonchev–Trinajstić information content (AvgIpc) is 2.49. The summed E-state index contributed by atoms with van der Waals surface area (Å²) in [4.78, 5) is -0.720. The number of alkyl halides is 5. The fraction of sp³-hybridized carbons (Fsp3) is 0.833. The van der Waals surface area contributed by atoms with Crippen molar-refractivity contribution in [1.82, 2.24) is 20.2 Å². The molecule has 9 heteroatoms. The van der Waals surface area contributed by atoms with Crippen molar-refractivity contribution in [2.24, 2.45) is 0 Å². The zero-order valence-electron chi connectivity index (χ0n) is 7.76. The van der Waals surface area contributed by atoms with E-state index in [0.717, 1.165) is 0 Å². The smallest absolute Gasteiger partial charge is 0.169 e. The fourth-order valence-electron chi connectivity index (χ4n) is 0.689. The number of hydrogen-bond acceptors (Lipinski definition) is 3. The van der Waals surface area contributed by atoms with Crippen molar-refractivity contribution < 1.29 is 22.0 Å². The molecule has 0 saturated carbocycles. The van der Waals surface area contributed by atoms with Gasteiger partial charge in [-0.05, 0) is 5.21 Å². The van der Waals surface area contributed by atoms with Crippen LogP contribution in [0.3, 0.4) is 0 Å². The Bertz CT molecular complexity index is 342. The van der Waals surface area contributed by atoms with Crippen LogP contribution in [-0.2, 0) is 6.05 Å². The lowest BCUT2D eigenvalue weighted by Crippen LogP contribution is -2.41. The van der Waals surface area contributed by atoms with E-state index < -0.39 is 17.0 Å². The molecule has 1 aromatic heterocycles. The highest BCUT2D eigenvalue weighted by molar-refractivity contribution is 4.86. The highest BCUT2D eigenvalue weighted by Crippen LogP contribution is 2.38. The maximum atomic E-state index is 12.6. The first-order valence-corrected chi connectivity index (χ1v) is 3.91. The Morgan fingerprint density at radius 1 is 1.13 bits per heavy atom. The lowest BCUT2D eigenvalue weighted by atomic mass is 10.2. The van der Waals surface area contributed by atoms with Gasteiger partial charge in [0.25, 0.3) is 0 Å². The Hall–Kier alpha value is -1.28. The van der Waals surface area contributed by atoms with Crippen molar-refractivity contribution in [3.05, 3.63) is 5.82 Å². The van der Waals surface area contributed by atoms with Crippen LogP contribution >= 0.6 is 0 Å². The van der Waals surface area contributed by atoms with Crippen LogP contribution < -0.4 is 0 Å². The number of aromatic nitrogens is 4. The fourth-order valence-corrected chi connectivity index (χ4v) is 0.689. The minimum atomic E-state index is -5.73. The van der Waals surface area contributed by atoms with Crippen LogP contribution in [-0.4, -0.2) is 26.4 Å². The number of rotatable bonds is 2. The van der Waals surface area contributed by atoms with Crippen molar-refractivity contribution in [3.8, 4) is 0 Å². The van der Waals surface area contributed by atoms with E-state index in [-0.39, 0.29) is 11.7 Å². The third kappa shape index (κ3) is 2.05. The standard InChI is InChI=1S/C6H7F5N4/c1-3(2)4-12-14-15(13-4)6(10,11)5(7,8)9/h3H,1-2H3. The maximum absolute atomic E-state index is 12.6. The molecule has 0 aliphatic carbocycles. The topological polar surface area (TPSA) is 43.6 Å². The number of halogens is 5. The van der Waals surface area contributed by atoms with Crippen molar-refractivity contribution >= 4 is 0 Å². The highest BCUT2D eigenvalue weighted by Gasteiger charge is 2.61. The second-order valence-electron chi connectivity index (χ2n) is 3.13. The van der Waals surface area contributed by atoms with Gasteiger partial charge >= 0.3 is 12.2 Å². The van der Waals surface area contributed by atoms with Gasteiger partial charge < -0.3 is 0 Å². The van der Waals surface area contributed by atoms with Gasteiger partial charge in [-0.1, -0.05) is 18.6 Å². The summed E-state index contributed by atoms with van der Waals surface area (Å²) in [6, 6.07) is -5.13. The van der Waals surface area contributed by atoms with Crippen LogP contribution in [0.5, 0.6) is 0 Å². The van der Waals surface area contributed by atoms with Crippen molar-refractivity contribution in [3.63, 3.8) is 0 Å². The highest BCUT2D eigenvalue weighted by atomic mass is 19.4. The molecule has 1 aromatic rings. The van der Waals surface area contributed by atoms with Gasteiger partial charge in [-0.25, -0.2) is 0 Å². The minimum absolute atomic E-state index is 0.168. The molecule has 86 valence electrons. The summed E-state index contributed by atoms with van der Waals surface area (Å²) < 4.78 is 60.8. The molecular formula is C6H7F5N4. The van der Waals surface area contributed by atoms with Gasteiger partial charge in [0.15, 0.2) is 5.82 Å². The molecule has 0 amide bonds. The van der Waals surface area contributed by atoms with E-state index in [4.69, 9.17) is 0 Å². The summed E-state index contributed by atoms with van der Waals surface area (Å²) in [6.45, 7) is 3.10. The molecular weight excluding hydrogens is 223 g/mol. The summed E-state index contributed by atoms with van der Waals surface area (Å²) in [7, 11) is 0. The van der Waals surface area contributed by atoms with E-state index in [1.165, 1.54) is 0 Å². The Morgan fingerprint density at radius 3 is 2.00 bits per heavy atom. The van der Waals surface area contributed by atoms with Crippen molar-refractivity contribution in [2.75, 3.05) is 0 Å². The molecule has 4 nitrogen and oxygen atoms in total. The molecule has 0 bridgehead atoms. The van der Waals surface area contributed by atoms with E-state index >= 15 is 0 Å². The molecule has 0 saturated heterocycles. The largest absolute Gasteiger partial charge is 0.479 e. The van der Waals surface area contributed by atoms with Gasteiger partial charge in [0.1, 0.15) is 0 Å². The van der Waals surface area contributed by atoms with Gasteiger partial charge in [-0.3, -0.25) is 0 Å². The molecule has 0 unspecified atom stereocenters. The van der Waals surface area contributed by atoms with Gasteiger partial charge in [0, 0.05) is 5.92 Å². The summed E-state index contributed by atoms with van der Waals surface area (Å²) in [5.41, 5.74) is 0. The van der Waals surface area contributed by atoms with E-state index in [1.807, 2.05) is 0 Å². The Kier molecular flexibility index (Phi) is 2.66. The maximum Gasteiger partial charge on any atom is 0.479 e. The molecule has 0 atom stereocenters. The van der Waals surface area contributed by atoms with Crippen LogP contribution in [0.1, 0.15) is 25.6 Å². The van der Waals surface area contributed by atoms with E-state index in [0.29, 0.717) is 0 Å². The lowest BCUT2D eigenvalue weighted by molar-refractivity contribution is -0.333. The second-order valence-corrected chi connectivity index (χ2v) is 3.13. The molecule has 1 heterocycles. The quantitative estimate of drug-likeness (QED) is 0.729. The van der Waals surface area contributed by atoms with Crippen LogP contribution in [0.4, 0.5) is 22.0 Å². The Balaban J connectivity index is 3.06. The summed E-state index contributed by atoms with van der Waals surface area (Å²) in [5, 5.41) is 8.75. The van der Waals surface area contributed by atoms with Crippen molar-refractivity contribution in [2.45, 2.75) is 32.0 Å². The monoisotopic (exact) mass is 230 g/mol. The molecule has 0 aliphatic rings. The van der Waals surface area contributed by atoms with Gasteiger partial charge in [0.05, 0.1) is 0 Å². The SMILES string of the molecule is CC(C)c1nnn(C(F)(F)C(F)(F)F)n1. The summed E-state index contributed by atoms with van der Waals surface area (Å²) in [5.74, 6) is -0.540. The third-order valence-electron chi connectivity index (χ3n) is 1.54. The predicted octanol–water partition coefficient (Wildman–Crippen LogP) is 1.91. The lowest BCUT2D eigenvalue weighted by Gasteiger charge is -2.16. The number of tetrazole rings is 1. The number of hydrogen-bond donors (Lipinski definition) is 0. The minimum Gasteiger partial charge on any atom is -0.169 e. The molecule has 0 aliphatic heterocycles. The molecule has 0 spiro atoms. The van der Waals surface area contributed by atoms with Crippen molar-refractivity contribution in [1.29, 1.82) is 0 Å². The first-order chi connectivity index (χ1) is 6.66. The molecule has 0 N–H and O–H groups in total. The van der Waals surface area contributed by atoms with Gasteiger partial charge in [-0.15, -0.1) is 10.2 Å². The second kappa shape index (κ2) is 3.38. The summed E-state index contributed by atoms with van der Waals surface area (Å²) >= 11 is 0. The van der Waals surface area contributed by atoms with Crippen LogP contribution in [0.15, 0.2) is 0 Å². The Labute approximate surface area is 81.1 Å².